The van der Waals surface area contributed by atoms with Crippen molar-refractivity contribution in [2.45, 2.75) is 20.0 Å². The minimum absolute atomic E-state index is 0.126. The molecule has 0 radical (unpaired) electrons. The molecular formula is C15H20N4O2. The standard InChI is InChI=1S/C15H20N4O2/c1-3-19-6-7-20-13(9-19)14-17-15(21-18-14)11-5-4-10(2)12(16)8-11/h4-5,8,13H,3,6-7,9,16H2,1-2H3. The molecule has 2 N–H and O–H groups in total. The first kappa shape index (κ1) is 14.0. The van der Waals surface area contributed by atoms with Crippen molar-refractivity contribution in [1.82, 2.24) is 15.0 Å². The molecule has 112 valence electrons. The number of morpholine rings is 1. The fourth-order valence-corrected chi connectivity index (χ4v) is 2.40. The molecule has 1 aliphatic heterocycles. The van der Waals surface area contributed by atoms with Gasteiger partial charge in [0.15, 0.2) is 0 Å². The number of likely N-dealkylation sites (N-methyl/N-ethyl adjacent to an activating group) is 1. The highest BCUT2D eigenvalue weighted by molar-refractivity contribution is 5.62. The summed E-state index contributed by atoms with van der Waals surface area (Å²) in [4.78, 5) is 6.77. The zero-order chi connectivity index (χ0) is 14.8. The molecule has 1 saturated heterocycles. The first-order valence-corrected chi connectivity index (χ1v) is 7.21. The van der Waals surface area contributed by atoms with Gasteiger partial charge in [0, 0.05) is 24.3 Å². The van der Waals surface area contributed by atoms with Crippen LogP contribution in [0.4, 0.5) is 5.69 Å². The number of hydrogen-bond acceptors (Lipinski definition) is 6. The van der Waals surface area contributed by atoms with Gasteiger partial charge in [-0.05, 0) is 31.2 Å². The molecule has 2 heterocycles. The molecule has 1 unspecified atom stereocenters. The van der Waals surface area contributed by atoms with Crippen LogP contribution in [0.2, 0.25) is 0 Å². The summed E-state index contributed by atoms with van der Waals surface area (Å²) < 4.78 is 11.1. The van der Waals surface area contributed by atoms with Crippen LogP contribution in [-0.4, -0.2) is 41.3 Å². The zero-order valence-electron chi connectivity index (χ0n) is 12.4. The van der Waals surface area contributed by atoms with Crippen molar-refractivity contribution >= 4 is 5.69 Å². The van der Waals surface area contributed by atoms with Crippen LogP contribution in [0.15, 0.2) is 22.7 Å². The summed E-state index contributed by atoms with van der Waals surface area (Å²) in [6.45, 7) is 7.54. The lowest BCUT2D eigenvalue weighted by atomic mass is 10.1. The van der Waals surface area contributed by atoms with Crippen LogP contribution in [0.25, 0.3) is 11.5 Å². The van der Waals surface area contributed by atoms with Crippen molar-refractivity contribution in [3.63, 3.8) is 0 Å². The van der Waals surface area contributed by atoms with E-state index in [0.717, 1.165) is 36.4 Å². The number of benzene rings is 1. The third-order valence-electron chi connectivity index (χ3n) is 3.85. The third kappa shape index (κ3) is 2.91. The molecule has 1 aromatic carbocycles. The van der Waals surface area contributed by atoms with Gasteiger partial charge in [0.2, 0.25) is 5.82 Å². The summed E-state index contributed by atoms with van der Waals surface area (Å²) in [5, 5.41) is 4.06. The van der Waals surface area contributed by atoms with Gasteiger partial charge in [-0.3, -0.25) is 4.90 Å². The Labute approximate surface area is 123 Å². The Morgan fingerprint density at radius 3 is 3.05 bits per heavy atom. The van der Waals surface area contributed by atoms with E-state index >= 15 is 0 Å². The number of nitrogen functional groups attached to an aromatic ring is 1. The molecule has 1 fully saturated rings. The Hall–Kier alpha value is -1.92. The highest BCUT2D eigenvalue weighted by Crippen LogP contribution is 2.25. The van der Waals surface area contributed by atoms with E-state index in [1.165, 1.54) is 0 Å². The molecule has 0 bridgehead atoms. The molecular weight excluding hydrogens is 268 g/mol. The zero-order valence-corrected chi connectivity index (χ0v) is 12.4. The fourth-order valence-electron chi connectivity index (χ4n) is 2.40. The molecule has 0 saturated carbocycles. The third-order valence-corrected chi connectivity index (χ3v) is 3.85. The van der Waals surface area contributed by atoms with E-state index in [1.807, 2.05) is 25.1 Å². The minimum Gasteiger partial charge on any atom is -0.398 e. The van der Waals surface area contributed by atoms with Crippen molar-refractivity contribution in [1.29, 1.82) is 0 Å². The maximum absolute atomic E-state index is 5.92. The lowest BCUT2D eigenvalue weighted by molar-refractivity contribution is -0.0334. The van der Waals surface area contributed by atoms with E-state index < -0.39 is 0 Å². The quantitative estimate of drug-likeness (QED) is 0.871. The Bertz CT molecular complexity index is 626. The van der Waals surface area contributed by atoms with Crippen LogP contribution in [0.1, 0.15) is 24.4 Å². The van der Waals surface area contributed by atoms with Crippen LogP contribution >= 0.6 is 0 Å². The molecule has 0 amide bonds. The smallest absolute Gasteiger partial charge is 0.258 e. The van der Waals surface area contributed by atoms with Crippen molar-refractivity contribution < 1.29 is 9.26 Å². The van der Waals surface area contributed by atoms with Gasteiger partial charge in [0.05, 0.1) is 6.61 Å². The largest absolute Gasteiger partial charge is 0.398 e. The second-order valence-corrected chi connectivity index (χ2v) is 5.28. The first-order chi connectivity index (χ1) is 10.2. The molecule has 1 aliphatic rings. The predicted molar refractivity (Wildman–Crippen MR) is 79.7 cm³/mol. The second-order valence-electron chi connectivity index (χ2n) is 5.28. The summed E-state index contributed by atoms with van der Waals surface area (Å²) >= 11 is 0. The number of hydrogen-bond donors (Lipinski definition) is 1. The molecule has 6 nitrogen and oxygen atoms in total. The average Bonchev–Trinajstić information content (AvgIpc) is 3.00. The monoisotopic (exact) mass is 288 g/mol. The summed E-state index contributed by atoms with van der Waals surface area (Å²) in [6, 6.07) is 5.74. The van der Waals surface area contributed by atoms with Crippen molar-refractivity contribution in [3.8, 4) is 11.5 Å². The SMILES string of the molecule is CCN1CCOC(c2noc(-c3ccc(C)c(N)c3)n2)C1. The molecule has 0 aliphatic carbocycles. The van der Waals surface area contributed by atoms with E-state index in [2.05, 4.69) is 22.0 Å². The van der Waals surface area contributed by atoms with Gasteiger partial charge >= 0.3 is 0 Å². The normalized spacial score (nSPS) is 19.8. The summed E-state index contributed by atoms with van der Waals surface area (Å²) in [5.41, 5.74) is 8.51. The number of aromatic nitrogens is 2. The van der Waals surface area contributed by atoms with Gasteiger partial charge in [-0.2, -0.15) is 4.98 Å². The Balaban J connectivity index is 1.81. The predicted octanol–water partition coefficient (Wildman–Crippen LogP) is 2.02. The van der Waals surface area contributed by atoms with Crippen LogP contribution < -0.4 is 5.73 Å². The lowest BCUT2D eigenvalue weighted by Gasteiger charge is -2.30. The van der Waals surface area contributed by atoms with Crippen molar-refractivity contribution in [2.24, 2.45) is 0 Å². The van der Waals surface area contributed by atoms with Gasteiger partial charge in [0.25, 0.3) is 5.89 Å². The Kier molecular flexibility index (Phi) is 3.90. The highest BCUT2D eigenvalue weighted by atomic mass is 16.5. The molecule has 3 rings (SSSR count). The minimum atomic E-state index is -0.126. The number of anilines is 1. The molecule has 6 heteroatoms. The van der Waals surface area contributed by atoms with E-state index in [4.69, 9.17) is 15.0 Å². The summed E-state index contributed by atoms with van der Waals surface area (Å²) in [6.07, 6.45) is -0.126. The number of nitrogens with two attached hydrogens (primary N) is 1. The van der Waals surface area contributed by atoms with Crippen LogP contribution in [0.5, 0.6) is 0 Å². The molecule has 2 aromatic rings. The van der Waals surface area contributed by atoms with Crippen LogP contribution in [-0.2, 0) is 4.74 Å². The first-order valence-electron chi connectivity index (χ1n) is 7.21. The Morgan fingerprint density at radius 1 is 1.43 bits per heavy atom. The number of aryl methyl sites for hydroxylation is 1. The van der Waals surface area contributed by atoms with E-state index in [9.17, 15) is 0 Å². The topological polar surface area (TPSA) is 77.4 Å². The van der Waals surface area contributed by atoms with E-state index in [1.54, 1.807) is 0 Å². The van der Waals surface area contributed by atoms with Gasteiger partial charge in [-0.15, -0.1) is 0 Å². The van der Waals surface area contributed by atoms with Crippen molar-refractivity contribution in [2.75, 3.05) is 32.0 Å². The second kappa shape index (κ2) is 5.83. The molecule has 0 spiro atoms. The number of rotatable bonds is 3. The van der Waals surface area contributed by atoms with Gasteiger partial charge in [-0.1, -0.05) is 18.1 Å². The van der Waals surface area contributed by atoms with Crippen LogP contribution in [0.3, 0.4) is 0 Å². The maximum atomic E-state index is 5.92. The summed E-state index contributed by atoms with van der Waals surface area (Å²) in [5.74, 6) is 1.08. The number of nitrogens with zero attached hydrogens (tertiary/aromatic N) is 3. The number of ether oxygens (including phenoxy) is 1. The highest BCUT2D eigenvalue weighted by Gasteiger charge is 2.25. The van der Waals surface area contributed by atoms with Gasteiger partial charge in [-0.25, -0.2) is 0 Å². The van der Waals surface area contributed by atoms with Crippen LogP contribution in [0, 0.1) is 6.92 Å². The molecule has 1 atom stereocenters. The average molecular weight is 288 g/mol. The summed E-state index contributed by atoms with van der Waals surface area (Å²) in [7, 11) is 0. The van der Waals surface area contributed by atoms with Gasteiger partial charge < -0.3 is 15.0 Å². The Morgan fingerprint density at radius 2 is 2.29 bits per heavy atom. The maximum Gasteiger partial charge on any atom is 0.258 e. The van der Waals surface area contributed by atoms with Crippen molar-refractivity contribution in [3.05, 3.63) is 29.6 Å². The van der Waals surface area contributed by atoms with E-state index in [-0.39, 0.29) is 6.10 Å². The lowest BCUT2D eigenvalue weighted by Crippen LogP contribution is -2.38. The van der Waals surface area contributed by atoms with Gasteiger partial charge in [0.1, 0.15) is 6.10 Å². The molecule has 1 aromatic heterocycles. The fraction of sp³-hybridized carbons (Fsp3) is 0.467. The molecule has 21 heavy (non-hydrogen) atoms. The van der Waals surface area contributed by atoms with E-state index in [0.29, 0.717) is 18.3 Å².